The summed E-state index contributed by atoms with van der Waals surface area (Å²) < 4.78 is 6.18. The first-order valence-corrected chi connectivity index (χ1v) is 6.03. The molecule has 0 aliphatic rings. The van der Waals surface area contributed by atoms with Gasteiger partial charge < -0.3 is 9.64 Å². The average Bonchev–Trinajstić information content (AvgIpc) is 2.28. The van der Waals surface area contributed by atoms with Gasteiger partial charge in [0.05, 0.1) is 7.11 Å². The van der Waals surface area contributed by atoms with Crippen molar-refractivity contribution < 1.29 is 9.53 Å². The zero-order valence-electron chi connectivity index (χ0n) is 9.17. The van der Waals surface area contributed by atoms with Crippen LogP contribution in [0.4, 0.5) is 0 Å². The van der Waals surface area contributed by atoms with E-state index in [4.69, 9.17) is 16.3 Å². The number of hydrogen-bond acceptors (Lipinski definition) is 2. The van der Waals surface area contributed by atoms with Crippen molar-refractivity contribution in [3.05, 3.63) is 28.2 Å². The van der Waals surface area contributed by atoms with Crippen LogP contribution in [0.25, 0.3) is 0 Å². The third kappa shape index (κ3) is 3.39. The smallest absolute Gasteiger partial charge is 0.237 e. The predicted molar refractivity (Wildman–Crippen MR) is 67.9 cm³/mol. The summed E-state index contributed by atoms with van der Waals surface area (Å²) in [7, 11) is 3.32. The van der Waals surface area contributed by atoms with Gasteiger partial charge >= 0.3 is 0 Å². The summed E-state index contributed by atoms with van der Waals surface area (Å²) >= 11 is 8.87. The number of benzene rings is 1. The third-order valence-corrected chi connectivity index (χ3v) is 2.91. The summed E-state index contributed by atoms with van der Waals surface area (Å²) in [6, 6.07) is 5.68. The Morgan fingerprint density at radius 1 is 1.56 bits per heavy atom. The van der Waals surface area contributed by atoms with Crippen molar-refractivity contribution in [1.82, 2.24) is 4.90 Å². The van der Waals surface area contributed by atoms with Gasteiger partial charge in [-0.05, 0) is 18.2 Å². The summed E-state index contributed by atoms with van der Waals surface area (Å²) in [6.45, 7) is 0.480. The fraction of sp³-hybridized carbons (Fsp3) is 0.364. The zero-order chi connectivity index (χ0) is 12.1. The zero-order valence-corrected chi connectivity index (χ0v) is 11.5. The van der Waals surface area contributed by atoms with Crippen LogP contribution in [0.5, 0.6) is 5.75 Å². The Morgan fingerprint density at radius 2 is 2.25 bits per heavy atom. The van der Waals surface area contributed by atoms with Gasteiger partial charge in [0.25, 0.3) is 0 Å². The first-order valence-electron chi connectivity index (χ1n) is 4.70. The number of carbonyl (C=O) groups is 1. The fourth-order valence-corrected chi connectivity index (χ4v) is 1.93. The lowest BCUT2D eigenvalue weighted by molar-refractivity contribution is -0.127. The van der Waals surface area contributed by atoms with Crippen LogP contribution in [0.3, 0.4) is 0 Å². The molecule has 0 atom stereocenters. The summed E-state index contributed by atoms with van der Waals surface area (Å²) in [4.78, 5) is 12.9. The van der Waals surface area contributed by atoms with Gasteiger partial charge in [0.15, 0.2) is 0 Å². The standard InChI is InChI=1S/C11H13BrClNO2/c1-14(11(15)6-13)7-8-5-9(12)3-4-10(8)16-2/h3-5H,6-7H2,1-2H3. The molecule has 0 bridgehead atoms. The fourth-order valence-electron chi connectivity index (χ4n) is 1.32. The SMILES string of the molecule is COc1ccc(Br)cc1CN(C)C(=O)CCl. The molecule has 1 rings (SSSR count). The highest BCUT2D eigenvalue weighted by Crippen LogP contribution is 2.24. The molecule has 0 fully saturated rings. The number of methoxy groups -OCH3 is 1. The largest absolute Gasteiger partial charge is 0.496 e. The molecule has 1 aromatic rings. The number of ether oxygens (including phenoxy) is 1. The second-order valence-electron chi connectivity index (χ2n) is 3.34. The topological polar surface area (TPSA) is 29.5 Å². The van der Waals surface area contributed by atoms with E-state index in [0.29, 0.717) is 6.54 Å². The molecular formula is C11H13BrClNO2. The number of rotatable bonds is 4. The number of hydrogen-bond donors (Lipinski definition) is 0. The van der Waals surface area contributed by atoms with Crippen LogP contribution in [0.15, 0.2) is 22.7 Å². The minimum atomic E-state index is -0.108. The van der Waals surface area contributed by atoms with Gasteiger partial charge in [0.2, 0.25) is 5.91 Å². The van der Waals surface area contributed by atoms with Crippen molar-refractivity contribution in [2.45, 2.75) is 6.54 Å². The Bertz CT molecular complexity index is 384. The van der Waals surface area contributed by atoms with E-state index in [1.54, 1.807) is 19.1 Å². The molecule has 0 aliphatic heterocycles. The molecule has 0 saturated heterocycles. The van der Waals surface area contributed by atoms with Crippen molar-refractivity contribution in [2.75, 3.05) is 20.0 Å². The third-order valence-electron chi connectivity index (χ3n) is 2.19. The van der Waals surface area contributed by atoms with Gasteiger partial charge in [-0.2, -0.15) is 0 Å². The number of alkyl halides is 1. The van der Waals surface area contributed by atoms with Crippen LogP contribution in [0.2, 0.25) is 0 Å². The molecule has 88 valence electrons. The minimum Gasteiger partial charge on any atom is -0.496 e. The Balaban J connectivity index is 2.86. The van der Waals surface area contributed by atoms with Gasteiger partial charge in [0.1, 0.15) is 11.6 Å². The number of halogens is 2. The second-order valence-corrected chi connectivity index (χ2v) is 4.52. The maximum absolute atomic E-state index is 11.3. The highest BCUT2D eigenvalue weighted by Gasteiger charge is 2.11. The average molecular weight is 307 g/mol. The number of amides is 1. The summed E-state index contributed by atoms with van der Waals surface area (Å²) in [6.07, 6.45) is 0. The van der Waals surface area contributed by atoms with E-state index in [1.807, 2.05) is 18.2 Å². The van der Waals surface area contributed by atoms with E-state index in [-0.39, 0.29) is 11.8 Å². The van der Waals surface area contributed by atoms with Crippen molar-refractivity contribution in [3.63, 3.8) is 0 Å². The maximum atomic E-state index is 11.3. The maximum Gasteiger partial charge on any atom is 0.237 e. The molecule has 0 spiro atoms. The van der Waals surface area contributed by atoms with E-state index < -0.39 is 0 Å². The molecule has 0 heterocycles. The number of nitrogens with zero attached hydrogens (tertiary/aromatic N) is 1. The summed E-state index contributed by atoms with van der Waals surface area (Å²) in [5.41, 5.74) is 0.942. The van der Waals surface area contributed by atoms with Gasteiger partial charge in [-0.3, -0.25) is 4.79 Å². The second kappa shape index (κ2) is 6.11. The van der Waals surface area contributed by atoms with Crippen LogP contribution < -0.4 is 4.74 Å². The quantitative estimate of drug-likeness (QED) is 0.800. The molecule has 0 radical (unpaired) electrons. The van der Waals surface area contributed by atoms with Crippen molar-refractivity contribution in [3.8, 4) is 5.75 Å². The molecule has 1 aromatic carbocycles. The molecule has 5 heteroatoms. The van der Waals surface area contributed by atoms with Crippen LogP contribution in [0, 0.1) is 0 Å². The van der Waals surface area contributed by atoms with E-state index >= 15 is 0 Å². The lowest BCUT2D eigenvalue weighted by atomic mass is 10.2. The Kier molecular flexibility index (Phi) is 5.09. The number of carbonyl (C=O) groups excluding carboxylic acids is 1. The molecular weight excluding hydrogens is 293 g/mol. The Hall–Kier alpha value is -0.740. The molecule has 0 aromatic heterocycles. The van der Waals surface area contributed by atoms with Crippen molar-refractivity contribution >= 4 is 33.4 Å². The molecule has 0 saturated carbocycles. The summed E-state index contributed by atoms with van der Waals surface area (Å²) in [5, 5.41) is 0. The molecule has 0 aliphatic carbocycles. The molecule has 0 N–H and O–H groups in total. The highest BCUT2D eigenvalue weighted by molar-refractivity contribution is 9.10. The first kappa shape index (κ1) is 13.3. The Labute approximate surface area is 108 Å². The lowest BCUT2D eigenvalue weighted by Gasteiger charge is -2.17. The van der Waals surface area contributed by atoms with E-state index in [9.17, 15) is 4.79 Å². The Morgan fingerprint density at radius 3 is 2.81 bits per heavy atom. The molecule has 3 nitrogen and oxygen atoms in total. The van der Waals surface area contributed by atoms with Crippen LogP contribution in [-0.2, 0) is 11.3 Å². The lowest BCUT2D eigenvalue weighted by Crippen LogP contribution is -2.27. The molecule has 16 heavy (non-hydrogen) atoms. The van der Waals surface area contributed by atoms with Crippen molar-refractivity contribution in [1.29, 1.82) is 0 Å². The summed E-state index contributed by atoms with van der Waals surface area (Å²) in [5.74, 6) is 0.647. The normalized spacial score (nSPS) is 10.0. The van der Waals surface area contributed by atoms with Gasteiger partial charge in [-0.1, -0.05) is 15.9 Å². The van der Waals surface area contributed by atoms with Gasteiger partial charge in [0, 0.05) is 23.6 Å². The van der Waals surface area contributed by atoms with E-state index in [0.717, 1.165) is 15.8 Å². The molecule has 1 amide bonds. The monoisotopic (exact) mass is 305 g/mol. The van der Waals surface area contributed by atoms with Gasteiger partial charge in [-0.15, -0.1) is 11.6 Å². The van der Waals surface area contributed by atoms with Crippen LogP contribution in [0.1, 0.15) is 5.56 Å². The minimum absolute atomic E-state index is 0.00712. The molecule has 0 unspecified atom stereocenters. The first-order chi connectivity index (χ1) is 7.58. The predicted octanol–water partition coefficient (Wildman–Crippen LogP) is 2.65. The van der Waals surface area contributed by atoms with Crippen LogP contribution in [-0.4, -0.2) is 30.8 Å². The van der Waals surface area contributed by atoms with E-state index in [1.165, 1.54) is 0 Å². The van der Waals surface area contributed by atoms with Gasteiger partial charge in [-0.25, -0.2) is 0 Å². The van der Waals surface area contributed by atoms with Crippen LogP contribution >= 0.6 is 27.5 Å². The van der Waals surface area contributed by atoms with E-state index in [2.05, 4.69) is 15.9 Å². The van der Waals surface area contributed by atoms with Crippen molar-refractivity contribution in [2.24, 2.45) is 0 Å². The highest BCUT2D eigenvalue weighted by atomic mass is 79.9.